The van der Waals surface area contributed by atoms with Crippen LogP contribution in [0, 0.1) is 6.92 Å². The Balaban J connectivity index is 2.20. The largest absolute Gasteiger partial charge is 0.326 e. The van der Waals surface area contributed by atoms with Gasteiger partial charge >= 0.3 is 0 Å². The highest BCUT2D eigenvalue weighted by molar-refractivity contribution is 7.90. The lowest BCUT2D eigenvalue weighted by atomic mass is 10.2. The Kier molecular flexibility index (Phi) is 3.86. The Morgan fingerprint density at radius 3 is 2.50 bits per heavy atom. The van der Waals surface area contributed by atoms with Gasteiger partial charge in [0.15, 0.2) is 5.69 Å². The Hall–Kier alpha value is -2.19. The number of carbonyl (C=O) groups is 1. The summed E-state index contributed by atoms with van der Waals surface area (Å²) in [5, 5.41) is 6.27. The number of aromatic amines is 1. The van der Waals surface area contributed by atoms with E-state index in [4.69, 9.17) is 5.73 Å². The van der Waals surface area contributed by atoms with Crippen molar-refractivity contribution in [3.63, 3.8) is 0 Å². The highest BCUT2D eigenvalue weighted by atomic mass is 32.2. The maximum atomic E-state index is 12.0. The maximum Gasteiger partial charge on any atom is 0.285 e. The quantitative estimate of drug-likeness (QED) is 0.749. The summed E-state index contributed by atoms with van der Waals surface area (Å²) < 4.78 is 26.0. The van der Waals surface area contributed by atoms with Crippen LogP contribution in [0.2, 0.25) is 0 Å². The Labute approximate surface area is 116 Å². The number of rotatable bonds is 4. The standard InChI is InChI=1S/C12H14N4O3S/c1-8-6-11(15-14-8)12(17)16-20(18,19)10-4-2-9(7-13)3-5-10/h2-6H,7,13H2,1H3,(H,14,15)(H,16,17). The van der Waals surface area contributed by atoms with E-state index < -0.39 is 15.9 Å². The number of benzene rings is 1. The topological polar surface area (TPSA) is 118 Å². The third-order valence-corrected chi connectivity index (χ3v) is 3.98. The van der Waals surface area contributed by atoms with Gasteiger partial charge in [-0.2, -0.15) is 5.10 Å². The molecule has 20 heavy (non-hydrogen) atoms. The fourth-order valence-electron chi connectivity index (χ4n) is 1.57. The summed E-state index contributed by atoms with van der Waals surface area (Å²) >= 11 is 0. The maximum absolute atomic E-state index is 12.0. The van der Waals surface area contributed by atoms with E-state index in [1.165, 1.54) is 18.2 Å². The predicted molar refractivity (Wildman–Crippen MR) is 72.3 cm³/mol. The van der Waals surface area contributed by atoms with Gasteiger partial charge in [-0.05, 0) is 30.7 Å². The number of aromatic nitrogens is 2. The molecule has 0 atom stereocenters. The molecule has 0 aliphatic rings. The van der Waals surface area contributed by atoms with E-state index in [-0.39, 0.29) is 10.6 Å². The van der Waals surface area contributed by atoms with E-state index in [0.29, 0.717) is 12.2 Å². The number of nitrogens with one attached hydrogen (secondary N) is 2. The number of carbonyl (C=O) groups excluding carboxylic acids is 1. The molecule has 0 fully saturated rings. The molecule has 0 radical (unpaired) electrons. The van der Waals surface area contributed by atoms with Crippen LogP contribution in [0.1, 0.15) is 21.7 Å². The zero-order valence-corrected chi connectivity index (χ0v) is 11.6. The van der Waals surface area contributed by atoms with Gasteiger partial charge < -0.3 is 5.73 Å². The summed E-state index contributed by atoms with van der Waals surface area (Å²) in [6.07, 6.45) is 0. The number of nitrogens with two attached hydrogens (primary N) is 1. The SMILES string of the molecule is Cc1cc(C(=O)NS(=O)(=O)c2ccc(CN)cc2)n[nH]1. The molecule has 1 aromatic heterocycles. The van der Waals surface area contributed by atoms with Crippen LogP contribution in [0.25, 0.3) is 0 Å². The molecule has 1 amide bonds. The Morgan fingerprint density at radius 1 is 1.35 bits per heavy atom. The van der Waals surface area contributed by atoms with E-state index in [1.807, 2.05) is 4.72 Å². The molecule has 4 N–H and O–H groups in total. The molecule has 8 heteroatoms. The summed E-state index contributed by atoms with van der Waals surface area (Å²) in [5.74, 6) is -0.780. The van der Waals surface area contributed by atoms with Crippen molar-refractivity contribution in [3.8, 4) is 0 Å². The Bertz CT molecular complexity index is 719. The molecule has 1 heterocycles. The molecular formula is C12H14N4O3S. The van der Waals surface area contributed by atoms with Crippen LogP contribution in [-0.2, 0) is 16.6 Å². The molecule has 0 bridgehead atoms. The first kappa shape index (κ1) is 14.2. The normalized spacial score (nSPS) is 11.3. The zero-order chi connectivity index (χ0) is 14.8. The number of nitrogens with zero attached hydrogens (tertiary/aromatic N) is 1. The van der Waals surface area contributed by atoms with Crippen LogP contribution in [0.15, 0.2) is 35.2 Å². The fourth-order valence-corrected chi connectivity index (χ4v) is 2.53. The van der Waals surface area contributed by atoms with Gasteiger partial charge in [-0.1, -0.05) is 12.1 Å². The summed E-state index contributed by atoms with van der Waals surface area (Å²) in [6, 6.07) is 7.44. The number of aryl methyl sites for hydroxylation is 1. The predicted octanol–water partition coefficient (Wildman–Crippen LogP) is 0.296. The molecule has 0 aliphatic heterocycles. The van der Waals surface area contributed by atoms with Gasteiger partial charge in [-0.25, -0.2) is 13.1 Å². The Morgan fingerprint density at radius 2 is 2.00 bits per heavy atom. The summed E-state index contributed by atoms with van der Waals surface area (Å²) in [7, 11) is -3.92. The van der Waals surface area contributed by atoms with Gasteiger partial charge in [0.25, 0.3) is 15.9 Å². The smallest absolute Gasteiger partial charge is 0.285 e. The van der Waals surface area contributed by atoms with Gasteiger partial charge in [-0.15, -0.1) is 0 Å². The van der Waals surface area contributed by atoms with Gasteiger partial charge in [0.1, 0.15) is 0 Å². The van der Waals surface area contributed by atoms with Crippen LogP contribution in [0.4, 0.5) is 0 Å². The van der Waals surface area contributed by atoms with Crippen molar-refractivity contribution in [2.75, 3.05) is 0 Å². The number of H-pyrrole nitrogens is 1. The molecule has 2 rings (SSSR count). The molecular weight excluding hydrogens is 280 g/mol. The van der Waals surface area contributed by atoms with Gasteiger partial charge in [0.2, 0.25) is 0 Å². The van der Waals surface area contributed by atoms with Crippen molar-refractivity contribution in [2.45, 2.75) is 18.4 Å². The van der Waals surface area contributed by atoms with E-state index in [1.54, 1.807) is 19.1 Å². The van der Waals surface area contributed by atoms with Crippen molar-refractivity contribution >= 4 is 15.9 Å². The first-order valence-electron chi connectivity index (χ1n) is 5.80. The summed E-state index contributed by atoms with van der Waals surface area (Å²) in [4.78, 5) is 11.8. The van der Waals surface area contributed by atoms with Crippen LogP contribution < -0.4 is 10.5 Å². The average Bonchev–Trinajstić information content (AvgIpc) is 2.85. The van der Waals surface area contributed by atoms with Crippen LogP contribution in [0.3, 0.4) is 0 Å². The van der Waals surface area contributed by atoms with Crippen molar-refractivity contribution in [3.05, 3.63) is 47.3 Å². The highest BCUT2D eigenvalue weighted by Gasteiger charge is 2.20. The van der Waals surface area contributed by atoms with E-state index in [0.717, 1.165) is 5.56 Å². The molecule has 0 saturated heterocycles. The minimum Gasteiger partial charge on any atom is -0.326 e. The second-order valence-electron chi connectivity index (χ2n) is 4.22. The first-order chi connectivity index (χ1) is 9.42. The summed E-state index contributed by atoms with van der Waals surface area (Å²) in [6.45, 7) is 2.03. The van der Waals surface area contributed by atoms with Crippen LogP contribution >= 0.6 is 0 Å². The molecule has 0 unspecified atom stereocenters. The minimum atomic E-state index is -3.92. The second-order valence-corrected chi connectivity index (χ2v) is 5.90. The van der Waals surface area contributed by atoms with Gasteiger partial charge in [0.05, 0.1) is 4.90 Å². The highest BCUT2D eigenvalue weighted by Crippen LogP contribution is 2.11. The minimum absolute atomic E-state index is 0.00434. The average molecular weight is 294 g/mol. The van der Waals surface area contributed by atoms with Crippen molar-refractivity contribution < 1.29 is 13.2 Å². The molecule has 0 saturated carbocycles. The molecule has 0 spiro atoms. The van der Waals surface area contributed by atoms with Crippen molar-refractivity contribution in [1.29, 1.82) is 0 Å². The lowest BCUT2D eigenvalue weighted by Crippen LogP contribution is -2.30. The summed E-state index contributed by atoms with van der Waals surface area (Å²) in [5.41, 5.74) is 6.93. The number of sulfonamides is 1. The van der Waals surface area contributed by atoms with Crippen LogP contribution in [-0.4, -0.2) is 24.5 Å². The second kappa shape index (κ2) is 5.43. The molecule has 7 nitrogen and oxygen atoms in total. The van der Waals surface area contributed by atoms with Crippen molar-refractivity contribution in [1.82, 2.24) is 14.9 Å². The molecule has 106 valence electrons. The van der Waals surface area contributed by atoms with E-state index in [9.17, 15) is 13.2 Å². The van der Waals surface area contributed by atoms with Crippen LogP contribution in [0.5, 0.6) is 0 Å². The number of amides is 1. The third-order valence-electron chi connectivity index (χ3n) is 2.63. The fraction of sp³-hybridized carbons (Fsp3) is 0.167. The van der Waals surface area contributed by atoms with E-state index >= 15 is 0 Å². The van der Waals surface area contributed by atoms with E-state index in [2.05, 4.69) is 10.2 Å². The van der Waals surface area contributed by atoms with Gasteiger partial charge in [0, 0.05) is 12.2 Å². The van der Waals surface area contributed by atoms with Gasteiger partial charge in [-0.3, -0.25) is 9.89 Å². The molecule has 2 aromatic rings. The molecule has 0 aliphatic carbocycles. The number of hydrogen-bond donors (Lipinski definition) is 3. The third kappa shape index (κ3) is 3.03. The van der Waals surface area contributed by atoms with Crippen molar-refractivity contribution in [2.24, 2.45) is 5.73 Å². The monoisotopic (exact) mass is 294 g/mol. The molecule has 1 aromatic carbocycles. The first-order valence-corrected chi connectivity index (χ1v) is 7.29. The number of hydrogen-bond acceptors (Lipinski definition) is 5. The lowest BCUT2D eigenvalue weighted by Gasteiger charge is -2.06. The lowest BCUT2D eigenvalue weighted by molar-refractivity contribution is 0.0976. The zero-order valence-electron chi connectivity index (χ0n) is 10.8.